The van der Waals surface area contributed by atoms with Gasteiger partial charge >= 0.3 is 0 Å². The fraction of sp³-hybridized carbons (Fsp3) is 0.211. The Hall–Kier alpha value is -2.79. The van der Waals surface area contributed by atoms with E-state index >= 15 is 0 Å². The third-order valence-corrected chi connectivity index (χ3v) is 4.13. The molecule has 5 heteroatoms. The highest BCUT2D eigenvalue weighted by atomic mass is 16.3. The minimum Gasteiger partial charge on any atom is -0.508 e. The largest absolute Gasteiger partial charge is 0.508 e. The van der Waals surface area contributed by atoms with E-state index in [1.807, 2.05) is 37.3 Å². The molecule has 0 fully saturated rings. The highest BCUT2D eigenvalue weighted by Gasteiger charge is 2.20. The summed E-state index contributed by atoms with van der Waals surface area (Å²) >= 11 is 0. The van der Waals surface area contributed by atoms with Gasteiger partial charge in [-0.15, -0.1) is 0 Å². The molecule has 0 spiro atoms. The number of aliphatic hydroxyl groups excluding tert-OH is 1. The van der Waals surface area contributed by atoms with Gasteiger partial charge in [0.2, 0.25) is 0 Å². The normalized spacial score (nSPS) is 10.9. The second-order valence-corrected chi connectivity index (χ2v) is 5.52. The Kier molecular flexibility index (Phi) is 4.53. The first kappa shape index (κ1) is 16.1. The van der Waals surface area contributed by atoms with Crippen LogP contribution in [0.25, 0.3) is 11.1 Å². The van der Waals surface area contributed by atoms with Crippen molar-refractivity contribution in [1.29, 1.82) is 0 Å². The van der Waals surface area contributed by atoms with E-state index in [0.29, 0.717) is 29.9 Å². The van der Waals surface area contributed by atoms with Crippen LogP contribution in [0.5, 0.6) is 11.5 Å². The molecule has 0 aliphatic rings. The van der Waals surface area contributed by atoms with Crippen molar-refractivity contribution in [2.45, 2.75) is 26.4 Å². The van der Waals surface area contributed by atoms with E-state index in [4.69, 9.17) is 4.42 Å². The Balaban J connectivity index is 2.21. The molecule has 1 aromatic heterocycles. The van der Waals surface area contributed by atoms with Crippen molar-refractivity contribution < 1.29 is 19.7 Å². The molecule has 24 heavy (non-hydrogen) atoms. The number of hydrogen-bond donors (Lipinski definition) is 3. The highest BCUT2D eigenvalue weighted by molar-refractivity contribution is 5.77. The molecule has 1 heterocycles. The number of hydrogen-bond acceptors (Lipinski definition) is 5. The maximum atomic E-state index is 10.4. The van der Waals surface area contributed by atoms with E-state index in [2.05, 4.69) is 4.98 Å². The summed E-state index contributed by atoms with van der Waals surface area (Å²) in [5.41, 5.74) is 3.48. The number of phenolic OH excluding ortho intramolecular Hbond substituents is 2. The van der Waals surface area contributed by atoms with Crippen molar-refractivity contribution in [3.8, 4) is 22.6 Å². The minimum absolute atomic E-state index is 0.0102. The molecule has 0 amide bonds. The van der Waals surface area contributed by atoms with Crippen molar-refractivity contribution >= 4 is 0 Å². The quantitative estimate of drug-likeness (QED) is 0.669. The first-order chi connectivity index (χ1) is 11.7. The number of phenols is 2. The number of benzene rings is 2. The number of aromatic hydroxyl groups is 2. The highest BCUT2D eigenvalue weighted by Crippen LogP contribution is 2.40. The maximum absolute atomic E-state index is 10.4. The summed E-state index contributed by atoms with van der Waals surface area (Å²) in [6, 6.07) is 10.9. The van der Waals surface area contributed by atoms with Crippen LogP contribution >= 0.6 is 0 Å². The molecule has 2 aromatic carbocycles. The minimum atomic E-state index is -0.223. The number of oxazole rings is 1. The lowest BCUT2D eigenvalue weighted by molar-refractivity contribution is 0.274. The van der Waals surface area contributed by atoms with Crippen LogP contribution in [0.4, 0.5) is 0 Å². The van der Waals surface area contributed by atoms with E-state index in [1.165, 1.54) is 12.5 Å². The molecule has 0 bridgehead atoms. The number of aliphatic hydroxyl groups is 1. The zero-order valence-corrected chi connectivity index (χ0v) is 13.4. The van der Waals surface area contributed by atoms with Gasteiger partial charge in [-0.25, -0.2) is 4.98 Å². The molecule has 0 radical (unpaired) electrons. The maximum Gasteiger partial charge on any atom is 0.181 e. The zero-order chi connectivity index (χ0) is 17.1. The number of rotatable bonds is 5. The molecule has 0 aliphatic carbocycles. The third-order valence-electron chi connectivity index (χ3n) is 4.13. The lowest BCUT2D eigenvalue weighted by atomic mass is 9.89. The van der Waals surface area contributed by atoms with Gasteiger partial charge in [0.15, 0.2) is 6.39 Å². The molecule has 0 saturated heterocycles. The molecule has 0 unspecified atom stereocenters. The van der Waals surface area contributed by atoms with Crippen molar-refractivity contribution in [3.05, 3.63) is 65.4 Å². The predicted molar refractivity (Wildman–Crippen MR) is 89.8 cm³/mol. The topological polar surface area (TPSA) is 86.7 Å². The van der Waals surface area contributed by atoms with Crippen LogP contribution in [0.3, 0.4) is 0 Å². The summed E-state index contributed by atoms with van der Waals surface area (Å²) in [6.07, 6.45) is 2.21. The van der Waals surface area contributed by atoms with Crippen LogP contribution in [0, 0.1) is 0 Å². The van der Waals surface area contributed by atoms with E-state index in [-0.39, 0.29) is 18.1 Å². The van der Waals surface area contributed by atoms with Crippen molar-refractivity contribution in [2.24, 2.45) is 0 Å². The van der Waals surface area contributed by atoms with Gasteiger partial charge in [-0.1, -0.05) is 37.3 Å². The summed E-state index contributed by atoms with van der Waals surface area (Å²) in [5, 5.41) is 30.1. The van der Waals surface area contributed by atoms with Gasteiger partial charge in [0, 0.05) is 18.1 Å². The Morgan fingerprint density at radius 3 is 2.46 bits per heavy atom. The lowest BCUT2D eigenvalue weighted by Crippen LogP contribution is -2.01. The third kappa shape index (κ3) is 2.86. The molecule has 0 saturated carbocycles. The van der Waals surface area contributed by atoms with Gasteiger partial charge in [0.05, 0.1) is 6.61 Å². The van der Waals surface area contributed by atoms with E-state index < -0.39 is 0 Å². The van der Waals surface area contributed by atoms with Crippen LogP contribution in [0.15, 0.2) is 47.2 Å². The smallest absolute Gasteiger partial charge is 0.181 e. The first-order valence-corrected chi connectivity index (χ1v) is 7.79. The average molecular weight is 325 g/mol. The summed E-state index contributed by atoms with van der Waals surface area (Å²) < 4.78 is 5.40. The Morgan fingerprint density at radius 1 is 1.04 bits per heavy atom. The van der Waals surface area contributed by atoms with E-state index in [9.17, 15) is 15.3 Å². The fourth-order valence-electron chi connectivity index (χ4n) is 2.99. The number of aromatic nitrogens is 1. The van der Waals surface area contributed by atoms with Gasteiger partial charge in [-0.2, -0.15) is 0 Å². The summed E-state index contributed by atoms with van der Waals surface area (Å²) in [5.74, 6) is 0.583. The summed E-state index contributed by atoms with van der Waals surface area (Å²) in [6.45, 7) is 1.72. The number of nitrogens with zero attached hydrogens (tertiary/aromatic N) is 1. The van der Waals surface area contributed by atoms with E-state index in [1.54, 1.807) is 0 Å². The lowest BCUT2D eigenvalue weighted by Gasteiger charge is -2.17. The first-order valence-electron chi connectivity index (χ1n) is 7.79. The van der Waals surface area contributed by atoms with Gasteiger partial charge in [0.25, 0.3) is 0 Å². The average Bonchev–Trinajstić information content (AvgIpc) is 3.03. The zero-order valence-electron chi connectivity index (χ0n) is 13.4. The van der Waals surface area contributed by atoms with Gasteiger partial charge in [-0.3, -0.25) is 0 Å². The van der Waals surface area contributed by atoms with Gasteiger partial charge < -0.3 is 19.7 Å². The fourth-order valence-corrected chi connectivity index (χ4v) is 2.99. The molecular weight excluding hydrogens is 306 g/mol. The monoisotopic (exact) mass is 325 g/mol. The predicted octanol–water partition coefficient (Wildman–Crippen LogP) is 3.40. The van der Waals surface area contributed by atoms with Crippen LogP contribution in [0.1, 0.15) is 29.5 Å². The van der Waals surface area contributed by atoms with Crippen molar-refractivity contribution in [3.63, 3.8) is 0 Å². The second kappa shape index (κ2) is 6.76. The summed E-state index contributed by atoms with van der Waals surface area (Å²) in [4.78, 5) is 3.99. The molecule has 5 nitrogen and oxygen atoms in total. The Labute approximate surface area is 139 Å². The van der Waals surface area contributed by atoms with Gasteiger partial charge in [0.1, 0.15) is 23.0 Å². The molecule has 3 rings (SSSR count). The van der Waals surface area contributed by atoms with Gasteiger partial charge in [-0.05, 0) is 23.1 Å². The molecule has 0 atom stereocenters. The molecule has 0 aliphatic heterocycles. The van der Waals surface area contributed by atoms with Crippen molar-refractivity contribution in [2.75, 3.05) is 0 Å². The van der Waals surface area contributed by atoms with Crippen LogP contribution in [-0.2, 0) is 19.4 Å². The molecular formula is C19H19NO4. The van der Waals surface area contributed by atoms with Crippen molar-refractivity contribution in [1.82, 2.24) is 4.98 Å². The molecule has 3 aromatic rings. The SMILES string of the molecule is CCc1c(O)cc(O)c(-c2ccccc2)c1Cc1ocnc1CO. The molecule has 3 N–H and O–H groups in total. The molecule has 124 valence electrons. The van der Waals surface area contributed by atoms with Crippen LogP contribution in [0.2, 0.25) is 0 Å². The Morgan fingerprint density at radius 2 is 1.79 bits per heavy atom. The summed E-state index contributed by atoms with van der Waals surface area (Å²) in [7, 11) is 0. The van der Waals surface area contributed by atoms with Crippen LogP contribution in [-0.4, -0.2) is 20.3 Å². The second-order valence-electron chi connectivity index (χ2n) is 5.52. The van der Waals surface area contributed by atoms with Crippen LogP contribution < -0.4 is 0 Å². The standard InChI is InChI=1S/C19H19NO4/c1-2-13-14(8-18-15(10-21)20-11-24-18)19(17(23)9-16(13)22)12-6-4-3-5-7-12/h3-7,9,11,21-23H,2,8,10H2,1H3. The Bertz CT molecular complexity index is 840. The van der Waals surface area contributed by atoms with E-state index in [0.717, 1.165) is 16.7 Å².